The fourth-order valence-electron chi connectivity index (χ4n) is 2.83. The quantitative estimate of drug-likeness (QED) is 0.679. The first-order valence-corrected chi connectivity index (χ1v) is 7.60. The molecule has 1 aromatic carbocycles. The van der Waals surface area contributed by atoms with Gasteiger partial charge in [0.2, 0.25) is 0 Å². The number of hydrogen-bond acceptors (Lipinski definition) is 2. The molecule has 0 atom stereocenters. The van der Waals surface area contributed by atoms with E-state index in [0.717, 1.165) is 35.9 Å². The van der Waals surface area contributed by atoms with Gasteiger partial charge in [0, 0.05) is 20.1 Å². The van der Waals surface area contributed by atoms with Gasteiger partial charge in [-0.25, -0.2) is 9.98 Å². The number of aliphatic imine (C=N–C) groups is 1. The molecule has 0 amide bonds. The Balaban J connectivity index is 1.73. The molecule has 2 N–H and O–H groups in total. The molecule has 0 spiro atoms. The maximum Gasteiger partial charge on any atom is 0.191 e. The molecule has 3 rings (SSSR count). The number of aryl methyl sites for hydroxylation is 1. The van der Waals surface area contributed by atoms with Gasteiger partial charge in [0.1, 0.15) is 12.4 Å². The number of likely N-dealkylation sites (tertiary alicyclic amines) is 1. The molecule has 1 aliphatic rings. The van der Waals surface area contributed by atoms with E-state index < -0.39 is 0 Å². The standard InChI is InChI=1S/C16H23N5/c1-12-7-9-21(10-8-12)16(17)18-11-15-19-13-5-3-4-6-14(13)20(15)2/h3-6,12H,7-11H2,1-2H3,(H2,17,18). The number of nitrogens with two attached hydrogens (primary N) is 1. The number of benzene rings is 1. The van der Waals surface area contributed by atoms with Gasteiger partial charge >= 0.3 is 0 Å². The first-order chi connectivity index (χ1) is 10.1. The van der Waals surface area contributed by atoms with Crippen LogP contribution in [0.15, 0.2) is 29.3 Å². The molecule has 5 heteroatoms. The lowest BCUT2D eigenvalue weighted by Gasteiger charge is -2.30. The summed E-state index contributed by atoms with van der Waals surface area (Å²) < 4.78 is 2.09. The summed E-state index contributed by atoms with van der Waals surface area (Å²) in [6, 6.07) is 8.13. The van der Waals surface area contributed by atoms with Crippen molar-refractivity contribution in [1.82, 2.24) is 14.5 Å². The number of aromatic nitrogens is 2. The van der Waals surface area contributed by atoms with Crippen molar-refractivity contribution >= 4 is 17.0 Å². The van der Waals surface area contributed by atoms with E-state index in [9.17, 15) is 0 Å². The molecule has 1 saturated heterocycles. The second-order valence-electron chi connectivity index (χ2n) is 5.92. The Bertz CT molecular complexity index is 650. The monoisotopic (exact) mass is 285 g/mol. The summed E-state index contributed by atoms with van der Waals surface area (Å²) in [5, 5.41) is 0. The number of rotatable bonds is 2. The molecular weight excluding hydrogens is 262 g/mol. The Kier molecular flexibility index (Phi) is 3.82. The van der Waals surface area contributed by atoms with Gasteiger partial charge in [-0.1, -0.05) is 19.1 Å². The summed E-state index contributed by atoms with van der Waals surface area (Å²) in [5.41, 5.74) is 8.27. The average Bonchev–Trinajstić information content (AvgIpc) is 2.82. The zero-order chi connectivity index (χ0) is 14.8. The van der Waals surface area contributed by atoms with E-state index in [1.165, 1.54) is 12.8 Å². The minimum Gasteiger partial charge on any atom is -0.370 e. The van der Waals surface area contributed by atoms with Gasteiger partial charge in [-0.05, 0) is 30.9 Å². The first kappa shape index (κ1) is 13.9. The SMILES string of the molecule is CC1CCN(C(N)=NCc2nc3ccccc3n2C)CC1. The predicted octanol–water partition coefficient (Wildman–Crippen LogP) is 2.12. The highest BCUT2D eigenvalue weighted by Gasteiger charge is 2.17. The third kappa shape index (κ3) is 2.86. The van der Waals surface area contributed by atoms with Gasteiger partial charge in [0.15, 0.2) is 5.96 Å². The van der Waals surface area contributed by atoms with E-state index in [1.807, 2.05) is 25.2 Å². The third-order valence-electron chi connectivity index (χ3n) is 4.37. The fourth-order valence-corrected chi connectivity index (χ4v) is 2.83. The Morgan fingerprint density at radius 3 is 2.76 bits per heavy atom. The minimum absolute atomic E-state index is 0.531. The highest BCUT2D eigenvalue weighted by atomic mass is 15.3. The van der Waals surface area contributed by atoms with Crippen molar-refractivity contribution in [2.24, 2.45) is 23.7 Å². The number of imidazole rings is 1. The van der Waals surface area contributed by atoms with E-state index >= 15 is 0 Å². The Morgan fingerprint density at radius 2 is 2.05 bits per heavy atom. The smallest absolute Gasteiger partial charge is 0.191 e. The van der Waals surface area contributed by atoms with Gasteiger partial charge in [-0.15, -0.1) is 0 Å². The van der Waals surface area contributed by atoms with Gasteiger partial charge in [-0.3, -0.25) is 0 Å². The molecule has 5 nitrogen and oxygen atoms in total. The summed E-state index contributed by atoms with van der Waals surface area (Å²) in [4.78, 5) is 11.3. The predicted molar refractivity (Wildman–Crippen MR) is 86.0 cm³/mol. The summed E-state index contributed by atoms with van der Waals surface area (Å²) in [5.74, 6) is 2.40. The van der Waals surface area contributed by atoms with Crippen LogP contribution in [0.1, 0.15) is 25.6 Å². The number of piperidine rings is 1. The fraction of sp³-hybridized carbons (Fsp3) is 0.500. The largest absolute Gasteiger partial charge is 0.370 e. The zero-order valence-electron chi connectivity index (χ0n) is 12.8. The van der Waals surface area contributed by atoms with E-state index in [4.69, 9.17) is 5.73 Å². The third-order valence-corrected chi connectivity index (χ3v) is 4.37. The Hall–Kier alpha value is -2.04. The van der Waals surface area contributed by atoms with Gasteiger partial charge in [0.05, 0.1) is 11.0 Å². The van der Waals surface area contributed by atoms with Gasteiger partial charge in [-0.2, -0.15) is 0 Å². The van der Waals surface area contributed by atoms with Crippen molar-refractivity contribution in [3.63, 3.8) is 0 Å². The van der Waals surface area contributed by atoms with Crippen molar-refractivity contribution in [2.45, 2.75) is 26.3 Å². The maximum absolute atomic E-state index is 6.12. The van der Waals surface area contributed by atoms with Crippen molar-refractivity contribution < 1.29 is 0 Å². The lowest BCUT2D eigenvalue weighted by Crippen LogP contribution is -2.42. The molecule has 1 fully saturated rings. The number of fused-ring (bicyclic) bond motifs is 1. The molecule has 1 aromatic heterocycles. The molecular formula is C16H23N5. The van der Waals surface area contributed by atoms with Crippen LogP contribution in [-0.2, 0) is 13.6 Å². The van der Waals surface area contributed by atoms with Crippen LogP contribution in [0.2, 0.25) is 0 Å². The van der Waals surface area contributed by atoms with Crippen LogP contribution >= 0.6 is 0 Å². The molecule has 2 aromatic rings. The van der Waals surface area contributed by atoms with E-state index in [0.29, 0.717) is 12.5 Å². The van der Waals surface area contributed by atoms with Crippen LogP contribution in [0.25, 0.3) is 11.0 Å². The minimum atomic E-state index is 0.531. The van der Waals surface area contributed by atoms with Gasteiger partial charge in [0.25, 0.3) is 0 Å². The van der Waals surface area contributed by atoms with Crippen molar-refractivity contribution in [3.8, 4) is 0 Å². The summed E-state index contributed by atoms with van der Waals surface area (Å²) in [6.07, 6.45) is 2.39. The van der Waals surface area contributed by atoms with Crippen LogP contribution in [-0.4, -0.2) is 33.5 Å². The topological polar surface area (TPSA) is 59.4 Å². The number of guanidine groups is 1. The Morgan fingerprint density at radius 1 is 1.33 bits per heavy atom. The van der Waals surface area contributed by atoms with E-state index in [2.05, 4.69) is 32.4 Å². The van der Waals surface area contributed by atoms with Crippen LogP contribution in [0.4, 0.5) is 0 Å². The molecule has 112 valence electrons. The highest BCUT2D eigenvalue weighted by Crippen LogP contribution is 2.17. The van der Waals surface area contributed by atoms with Gasteiger partial charge < -0.3 is 15.2 Å². The van der Waals surface area contributed by atoms with E-state index in [1.54, 1.807) is 0 Å². The molecule has 0 saturated carbocycles. The summed E-state index contributed by atoms with van der Waals surface area (Å²) >= 11 is 0. The van der Waals surface area contributed by atoms with E-state index in [-0.39, 0.29) is 0 Å². The van der Waals surface area contributed by atoms with Crippen LogP contribution < -0.4 is 5.73 Å². The Labute approximate surface area is 125 Å². The van der Waals surface area contributed by atoms with Crippen molar-refractivity contribution in [1.29, 1.82) is 0 Å². The van der Waals surface area contributed by atoms with Crippen LogP contribution in [0.3, 0.4) is 0 Å². The molecule has 2 heterocycles. The normalized spacial score (nSPS) is 17.6. The molecule has 1 aliphatic heterocycles. The molecule has 21 heavy (non-hydrogen) atoms. The lowest BCUT2D eigenvalue weighted by molar-refractivity contribution is 0.277. The lowest BCUT2D eigenvalue weighted by atomic mass is 10.00. The summed E-state index contributed by atoms with van der Waals surface area (Å²) in [7, 11) is 2.03. The molecule has 0 bridgehead atoms. The average molecular weight is 285 g/mol. The number of hydrogen-bond donors (Lipinski definition) is 1. The zero-order valence-corrected chi connectivity index (χ0v) is 12.8. The second-order valence-corrected chi connectivity index (χ2v) is 5.92. The van der Waals surface area contributed by atoms with Crippen molar-refractivity contribution in [3.05, 3.63) is 30.1 Å². The van der Waals surface area contributed by atoms with Crippen molar-refractivity contribution in [2.75, 3.05) is 13.1 Å². The highest BCUT2D eigenvalue weighted by molar-refractivity contribution is 5.78. The van der Waals surface area contributed by atoms with Crippen LogP contribution in [0.5, 0.6) is 0 Å². The molecule has 0 radical (unpaired) electrons. The molecule has 0 unspecified atom stereocenters. The number of nitrogens with zero attached hydrogens (tertiary/aromatic N) is 4. The van der Waals surface area contributed by atoms with Crippen LogP contribution in [0, 0.1) is 5.92 Å². The first-order valence-electron chi connectivity index (χ1n) is 7.60. The summed E-state index contributed by atoms with van der Waals surface area (Å²) in [6.45, 7) is 4.85. The maximum atomic E-state index is 6.12. The number of para-hydroxylation sites is 2. The second kappa shape index (κ2) is 5.76. The molecule has 0 aliphatic carbocycles.